The van der Waals surface area contributed by atoms with Crippen LogP contribution in [0.5, 0.6) is 0 Å². The van der Waals surface area contributed by atoms with Crippen LogP contribution in [-0.2, 0) is 22.9 Å². The molecular formula is C20H22N2O3S. The van der Waals surface area contributed by atoms with Gasteiger partial charge in [0.2, 0.25) is 10.0 Å². The van der Waals surface area contributed by atoms with Gasteiger partial charge in [0.15, 0.2) is 0 Å². The fraction of sp³-hybridized carbons (Fsp3) is 0.250. The number of nitrogens with one attached hydrogen (secondary N) is 2. The Morgan fingerprint density at radius 2 is 1.65 bits per heavy atom. The number of sulfonamides is 1. The monoisotopic (exact) mass is 370 g/mol. The van der Waals surface area contributed by atoms with Crippen LogP contribution in [0, 0.1) is 0 Å². The van der Waals surface area contributed by atoms with Gasteiger partial charge in [-0.25, -0.2) is 13.1 Å². The van der Waals surface area contributed by atoms with Gasteiger partial charge in [0.05, 0.1) is 5.75 Å². The molecule has 0 spiro atoms. The van der Waals surface area contributed by atoms with Crippen LogP contribution in [0.25, 0.3) is 10.9 Å². The first kappa shape index (κ1) is 18.4. The lowest BCUT2D eigenvalue weighted by atomic mass is 10.1. The minimum absolute atomic E-state index is 0.0793. The van der Waals surface area contributed by atoms with Gasteiger partial charge in [-0.3, -0.25) is 4.79 Å². The summed E-state index contributed by atoms with van der Waals surface area (Å²) in [5, 5.41) is 0.938. The van der Waals surface area contributed by atoms with E-state index in [2.05, 4.69) is 9.71 Å². The largest absolute Gasteiger partial charge is 0.322 e. The molecule has 1 aromatic heterocycles. The van der Waals surface area contributed by atoms with Crippen LogP contribution in [-0.4, -0.2) is 25.7 Å². The van der Waals surface area contributed by atoms with E-state index in [1.165, 1.54) is 0 Å². The number of fused-ring (bicyclic) bond motifs is 1. The van der Waals surface area contributed by atoms with Gasteiger partial charge in [0.25, 0.3) is 5.56 Å². The molecule has 0 saturated carbocycles. The van der Waals surface area contributed by atoms with Gasteiger partial charge >= 0.3 is 0 Å². The first-order chi connectivity index (χ1) is 12.5. The number of pyridine rings is 1. The van der Waals surface area contributed by atoms with Gasteiger partial charge in [0, 0.05) is 17.6 Å². The zero-order chi connectivity index (χ0) is 18.4. The molecule has 26 heavy (non-hydrogen) atoms. The molecule has 0 aliphatic heterocycles. The standard InChI is InChI=1S/C20H22N2O3S/c23-20-18(15-17-10-4-5-11-19(17)22-20)12-13-21-26(24,25)14-6-9-16-7-2-1-3-8-16/h1-5,7-8,10-11,15,21H,6,9,12-14H2,(H,22,23). The predicted molar refractivity (Wildman–Crippen MR) is 105 cm³/mol. The van der Waals surface area contributed by atoms with Gasteiger partial charge in [-0.05, 0) is 42.3 Å². The normalized spacial score (nSPS) is 11.7. The molecule has 0 fully saturated rings. The van der Waals surface area contributed by atoms with Gasteiger partial charge in [-0.2, -0.15) is 0 Å². The van der Waals surface area contributed by atoms with Crippen molar-refractivity contribution in [1.82, 2.24) is 9.71 Å². The summed E-state index contributed by atoms with van der Waals surface area (Å²) in [4.78, 5) is 14.9. The van der Waals surface area contributed by atoms with Crippen molar-refractivity contribution in [1.29, 1.82) is 0 Å². The van der Waals surface area contributed by atoms with Crippen molar-refractivity contribution < 1.29 is 8.42 Å². The first-order valence-electron chi connectivity index (χ1n) is 8.66. The number of rotatable bonds is 8. The Kier molecular flexibility index (Phi) is 5.85. The highest BCUT2D eigenvalue weighted by Gasteiger charge is 2.10. The molecule has 3 rings (SSSR count). The van der Waals surface area contributed by atoms with Crippen LogP contribution >= 0.6 is 0 Å². The minimum atomic E-state index is -3.34. The smallest absolute Gasteiger partial charge is 0.251 e. The first-order valence-corrected chi connectivity index (χ1v) is 10.3. The Hall–Kier alpha value is -2.44. The van der Waals surface area contributed by atoms with E-state index in [0.29, 0.717) is 18.4 Å². The highest BCUT2D eigenvalue weighted by molar-refractivity contribution is 7.89. The lowest BCUT2D eigenvalue weighted by molar-refractivity contribution is 0.578. The highest BCUT2D eigenvalue weighted by atomic mass is 32.2. The highest BCUT2D eigenvalue weighted by Crippen LogP contribution is 2.10. The Morgan fingerprint density at radius 1 is 0.923 bits per heavy atom. The number of H-pyrrole nitrogens is 1. The summed E-state index contributed by atoms with van der Waals surface area (Å²) in [7, 11) is -3.34. The van der Waals surface area contributed by atoms with Crippen LogP contribution in [0.3, 0.4) is 0 Å². The summed E-state index contributed by atoms with van der Waals surface area (Å²) in [6, 6.07) is 19.2. The summed E-state index contributed by atoms with van der Waals surface area (Å²) < 4.78 is 26.8. The molecule has 0 aliphatic carbocycles. The third-order valence-electron chi connectivity index (χ3n) is 4.27. The number of hydrogen-bond acceptors (Lipinski definition) is 3. The zero-order valence-electron chi connectivity index (χ0n) is 14.4. The Bertz CT molecular complexity index is 1030. The quantitative estimate of drug-likeness (QED) is 0.640. The molecule has 0 bridgehead atoms. The van der Waals surface area contributed by atoms with Crippen LogP contribution in [0.4, 0.5) is 0 Å². The molecule has 2 aromatic carbocycles. The molecule has 1 heterocycles. The van der Waals surface area contributed by atoms with Crippen molar-refractivity contribution in [2.24, 2.45) is 0 Å². The average molecular weight is 370 g/mol. The second-order valence-corrected chi connectivity index (χ2v) is 8.19. The Morgan fingerprint density at radius 3 is 2.46 bits per heavy atom. The maximum absolute atomic E-state index is 12.1. The molecule has 0 atom stereocenters. The lowest BCUT2D eigenvalue weighted by Crippen LogP contribution is -2.29. The second kappa shape index (κ2) is 8.29. The van der Waals surface area contributed by atoms with Crippen molar-refractivity contribution in [2.45, 2.75) is 19.3 Å². The number of hydrogen-bond donors (Lipinski definition) is 2. The number of aromatic amines is 1. The van der Waals surface area contributed by atoms with Crippen LogP contribution < -0.4 is 10.3 Å². The lowest BCUT2D eigenvalue weighted by Gasteiger charge is -2.07. The summed E-state index contributed by atoms with van der Waals surface area (Å²) in [5.41, 5.74) is 2.32. The molecule has 0 amide bonds. The van der Waals surface area contributed by atoms with Gasteiger partial charge in [0.1, 0.15) is 0 Å². The molecule has 0 aliphatic rings. The molecular weight excluding hydrogens is 348 g/mol. The van der Waals surface area contributed by atoms with Crippen LogP contribution in [0.15, 0.2) is 65.5 Å². The van der Waals surface area contributed by atoms with Crippen LogP contribution in [0.2, 0.25) is 0 Å². The van der Waals surface area contributed by atoms with E-state index in [0.717, 1.165) is 22.9 Å². The van der Waals surface area contributed by atoms with E-state index in [4.69, 9.17) is 0 Å². The molecule has 2 N–H and O–H groups in total. The van der Waals surface area contributed by atoms with E-state index in [1.54, 1.807) is 0 Å². The number of aromatic nitrogens is 1. The summed E-state index contributed by atoms with van der Waals surface area (Å²) in [6.07, 6.45) is 1.65. The fourth-order valence-electron chi connectivity index (χ4n) is 2.90. The molecule has 5 nitrogen and oxygen atoms in total. The molecule has 0 radical (unpaired) electrons. The van der Waals surface area contributed by atoms with Crippen LogP contribution in [0.1, 0.15) is 17.5 Å². The van der Waals surface area contributed by atoms with Gasteiger partial charge in [-0.1, -0.05) is 48.5 Å². The maximum Gasteiger partial charge on any atom is 0.251 e. The van der Waals surface area contributed by atoms with Crippen molar-refractivity contribution in [2.75, 3.05) is 12.3 Å². The maximum atomic E-state index is 12.1. The molecule has 6 heteroatoms. The van der Waals surface area contributed by atoms with E-state index in [1.807, 2.05) is 60.7 Å². The minimum Gasteiger partial charge on any atom is -0.322 e. The Labute approximate surface area is 153 Å². The predicted octanol–water partition coefficient (Wildman–Crippen LogP) is 2.62. The van der Waals surface area contributed by atoms with Crippen molar-refractivity contribution in [3.8, 4) is 0 Å². The summed E-state index contributed by atoms with van der Waals surface area (Å²) in [6.45, 7) is 0.217. The Balaban J connectivity index is 1.52. The average Bonchev–Trinajstić information content (AvgIpc) is 2.63. The number of aryl methyl sites for hydroxylation is 1. The van der Waals surface area contributed by atoms with E-state index < -0.39 is 10.0 Å². The van der Waals surface area contributed by atoms with Crippen molar-refractivity contribution >= 4 is 20.9 Å². The molecule has 0 unspecified atom stereocenters. The molecule has 3 aromatic rings. The number of para-hydroxylation sites is 1. The zero-order valence-corrected chi connectivity index (χ0v) is 15.3. The summed E-state index contributed by atoms with van der Waals surface area (Å²) >= 11 is 0. The van der Waals surface area contributed by atoms with E-state index in [-0.39, 0.29) is 17.9 Å². The summed E-state index contributed by atoms with van der Waals surface area (Å²) in [5.74, 6) is 0.0793. The molecule has 136 valence electrons. The third-order valence-corrected chi connectivity index (χ3v) is 5.74. The third kappa shape index (κ3) is 5.03. The SMILES string of the molecule is O=c1[nH]c2ccccc2cc1CCNS(=O)(=O)CCCc1ccccc1. The van der Waals surface area contributed by atoms with Crippen molar-refractivity contribution in [3.63, 3.8) is 0 Å². The fourth-order valence-corrected chi connectivity index (χ4v) is 3.98. The van der Waals surface area contributed by atoms with Gasteiger partial charge < -0.3 is 4.98 Å². The number of benzene rings is 2. The van der Waals surface area contributed by atoms with E-state index >= 15 is 0 Å². The topological polar surface area (TPSA) is 79.0 Å². The second-order valence-electron chi connectivity index (χ2n) is 6.26. The van der Waals surface area contributed by atoms with Crippen molar-refractivity contribution in [3.05, 3.63) is 82.1 Å². The molecule has 0 saturated heterocycles. The van der Waals surface area contributed by atoms with E-state index in [9.17, 15) is 13.2 Å². The van der Waals surface area contributed by atoms with Gasteiger partial charge in [-0.15, -0.1) is 0 Å².